The molecule has 1 aliphatic heterocycles. The molecule has 2 aromatic carbocycles. The Labute approximate surface area is 276 Å². The fourth-order valence-electron chi connectivity index (χ4n) is 7.01. The molecule has 2 aromatic rings. The lowest BCUT2D eigenvalue weighted by atomic mass is 9.72. The maximum Gasteiger partial charge on any atom is 0.251 e. The number of β-amino-alcohol motifs (C(OH)–C–C–N with tert-alkyl or cyclic N) is 1. The number of rotatable bonds is 10. The normalized spacial score (nSPS) is 22.6. The SMILES string of the molecule is Cc1ccc(C(=O)N[C@H](C(=O)N[C@@H](Cc2ccccc2)[C@H](O)CN2CC3CCCC[C@H]3CC2C(=O)NC(C)(C)C)C(C)(C)C)cc1. The molecule has 2 fully saturated rings. The van der Waals surface area contributed by atoms with Gasteiger partial charge in [-0.15, -0.1) is 0 Å². The van der Waals surface area contributed by atoms with Gasteiger partial charge >= 0.3 is 0 Å². The van der Waals surface area contributed by atoms with Crippen molar-refractivity contribution in [3.05, 3.63) is 71.3 Å². The Balaban J connectivity index is 1.56. The number of aryl methyl sites for hydroxylation is 1. The van der Waals surface area contributed by atoms with Crippen LogP contribution < -0.4 is 16.0 Å². The Morgan fingerprint density at radius 2 is 1.52 bits per heavy atom. The number of carbonyl (C=O) groups excluding carboxylic acids is 3. The molecule has 1 aliphatic carbocycles. The van der Waals surface area contributed by atoms with E-state index in [9.17, 15) is 19.5 Å². The molecule has 46 heavy (non-hydrogen) atoms. The maximum absolute atomic E-state index is 14.0. The first-order valence-electron chi connectivity index (χ1n) is 17.1. The van der Waals surface area contributed by atoms with Crippen LogP contribution in [0.3, 0.4) is 0 Å². The second-order valence-corrected chi connectivity index (χ2v) is 15.8. The molecule has 0 spiro atoms. The van der Waals surface area contributed by atoms with E-state index in [0.29, 0.717) is 23.8 Å². The fourth-order valence-corrected chi connectivity index (χ4v) is 7.01. The molecule has 6 atom stereocenters. The number of hydrogen-bond donors (Lipinski definition) is 4. The minimum atomic E-state index is -0.942. The van der Waals surface area contributed by atoms with Crippen LogP contribution in [0.2, 0.25) is 0 Å². The lowest BCUT2D eigenvalue weighted by Crippen LogP contribution is -2.61. The molecule has 1 saturated heterocycles. The summed E-state index contributed by atoms with van der Waals surface area (Å²) in [7, 11) is 0. The van der Waals surface area contributed by atoms with Gasteiger partial charge in [0, 0.05) is 24.2 Å². The van der Waals surface area contributed by atoms with Crippen molar-refractivity contribution < 1.29 is 19.5 Å². The average molecular weight is 633 g/mol. The first-order chi connectivity index (χ1) is 21.6. The summed E-state index contributed by atoms with van der Waals surface area (Å²) in [5.74, 6) is 0.352. The van der Waals surface area contributed by atoms with Crippen LogP contribution in [0.4, 0.5) is 0 Å². The number of nitrogens with zero attached hydrogens (tertiary/aromatic N) is 1. The first kappa shape index (κ1) is 35.6. The van der Waals surface area contributed by atoms with Crippen LogP contribution in [0.25, 0.3) is 0 Å². The summed E-state index contributed by atoms with van der Waals surface area (Å²) in [6.45, 7) is 14.7. The quantitative estimate of drug-likeness (QED) is 0.294. The maximum atomic E-state index is 14.0. The van der Waals surface area contributed by atoms with Crippen LogP contribution in [0.15, 0.2) is 54.6 Å². The lowest BCUT2D eigenvalue weighted by molar-refractivity contribution is -0.133. The van der Waals surface area contributed by atoms with E-state index < -0.39 is 23.6 Å². The molecule has 3 amide bonds. The zero-order chi connectivity index (χ0) is 33.6. The van der Waals surface area contributed by atoms with Crippen molar-refractivity contribution in [2.75, 3.05) is 13.1 Å². The van der Waals surface area contributed by atoms with Crippen molar-refractivity contribution in [3.8, 4) is 0 Å². The highest BCUT2D eigenvalue weighted by molar-refractivity contribution is 5.97. The number of piperidine rings is 1. The van der Waals surface area contributed by atoms with Gasteiger partial charge in [0.2, 0.25) is 11.8 Å². The molecular weight excluding hydrogens is 576 g/mol. The van der Waals surface area contributed by atoms with E-state index in [4.69, 9.17) is 0 Å². The second kappa shape index (κ2) is 15.1. The number of benzene rings is 2. The molecular formula is C38H56N4O4. The molecule has 1 saturated carbocycles. The summed E-state index contributed by atoms with van der Waals surface area (Å²) in [5, 5.41) is 21.2. The number of aliphatic hydroxyl groups is 1. The van der Waals surface area contributed by atoms with Gasteiger partial charge in [0.1, 0.15) is 6.04 Å². The van der Waals surface area contributed by atoms with Gasteiger partial charge < -0.3 is 21.1 Å². The molecule has 4 rings (SSSR count). The molecule has 252 valence electrons. The molecule has 2 aliphatic rings. The Morgan fingerprint density at radius 1 is 0.891 bits per heavy atom. The highest BCUT2D eigenvalue weighted by Gasteiger charge is 2.42. The average Bonchev–Trinajstić information content (AvgIpc) is 2.98. The Morgan fingerprint density at radius 3 is 2.13 bits per heavy atom. The van der Waals surface area contributed by atoms with E-state index in [1.165, 1.54) is 12.8 Å². The van der Waals surface area contributed by atoms with Crippen LogP contribution in [0.1, 0.15) is 95.1 Å². The van der Waals surface area contributed by atoms with Gasteiger partial charge in [0.05, 0.1) is 18.2 Å². The smallest absolute Gasteiger partial charge is 0.251 e. The van der Waals surface area contributed by atoms with Gasteiger partial charge in [-0.05, 0) is 81.9 Å². The molecule has 4 N–H and O–H groups in total. The van der Waals surface area contributed by atoms with Crippen molar-refractivity contribution >= 4 is 17.7 Å². The molecule has 0 bridgehead atoms. The standard InChI is InChI=1S/C38H56N4O4/c1-25-17-19-27(20-18-25)34(44)40-33(37(2,3)4)36(46)39-30(21-26-13-9-8-10-14-26)32(43)24-42-23-29-16-12-11-15-28(29)22-31(42)35(45)41-38(5,6)7/h8-10,13-14,17-20,28-33,43H,11-12,15-16,21-24H2,1-7H3,(H,39,46)(H,40,44)(H,41,45)/t28-,29?,30-,31?,32+,33+/m0/s1. The number of hydrogen-bond acceptors (Lipinski definition) is 5. The number of likely N-dealkylation sites (tertiary alicyclic amines) is 1. The van der Waals surface area contributed by atoms with Crippen molar-refractivity contribution in [1.29, 1.82) is 0 Å². The summed E-state index contributed by atoms with van der Waals surface area (Å²) in [5.41, 5.74) is 1.56. The van der Waals surface area contributed by atoms with Gasteiger partial charge in [-0.1, -0.05) is 88.1 Å². The van der Waals surface area contributed by atoms with Crippen LogP contribution in [0.5, 0.6) is 0 Å². The molecule has 8 heteroatoms. The fraction of sp³-hybridized carbons (Fsp3) is 0.605. The number of nitrogens with one attached hydrogen (secondary N) is 3. The van der Waals surface area contributed by atoms with Gasteiger partial charge in [-0.25, -0.2) is 0 Å². The van der Waals surface area contributed by atoms with Gasteiger partial charge in [0.25, 0.3) is 5.91 Å². The molecule has 0 radical (unpaired) electrons. The summed E-state index contributed by atoms with van der Waals surface area (Å²) in [6, 6.07) is 15.3. The predicted octanol–water partition coefficient (Wildman–Crippen LogP) is 5.02. The summed E-state index contributed by atoms with van der Waals surface area (Å²) in [4.78, 5) is 43.0. The van der Waals surface area contributed by atoms with Crippen molar-refractivity contribution in [2.24, 2.45) is 17.3 Å². The molecule has 1 heterocycles. The molecule has 2 unspecified atom stereocenters. The van der Waals surface area contributed by atoms with Crippen LogP contribution in [-0.2, 0) is 16.0 Å². The number of aliphatic hydroxyl groups excluding tert-OH is 1. The Hall–Kier alpha value is -3.23. The van der Waals surface area contributed by atoms with Crippen molar-refractivity contribution in [2.45, 2.75) is 117 Å². The van der Waals surface area contributed by atoms with Gasteiger partial charge in [0.15, 0.2) is 0 Å². The van der Waals surface area contributed by atoms with E-state index in [2.05, 4.69) is 20.9 Å². The van der Waals surface area contributed by atoms with Gasteiger partial charge in [-0.3, -0.25) is 19.3 Å². The lowest BCUT2D eigenvalue weighted by Gasteiger charge is -2.47. The monoisotopic (exact) mass is 632 g/mol. The van der Waals surface area contributed by atoms with E-state index in [-0.39, 0.29) is 35.8 Å². The summed E-state index contributed by atoms with van der Waals surface area (Å²) >= 11 is 0. The summed E-state index contributed by atoms with van der Waals surface area (Å²) < 4.78 is 0. The largest absolute Gasteiger partial charge is 0.390 e. The zero-order valence-corrected chi connectivity index (χ0v) is 28.9. The van der Waals surface area contributed by atoms with Crippen molar-refractivity contribution in [1.82, 2.24) is 20.9 Å². The highest BCUT2D eigenvalue weighted by atomic mass is 16.3. The van der Waals surface area contributed by atoms with Crippen LogP contribution in [0, 0.1) is 24.2 Å². The number of fused-ring (bicyclic) bond motifs is 1. The first-order valence-corrected chi connectivity index (χ1v) is 17.1. The Bertz CT molecular complexity index is 1310. The van der Waals surface area contributed by atoms with E-state index >= 15 is 0 Å². The highest BCUT2D eigenvalue weighted by Crippen LogP contribution is 2.39. The molecule has 0 aromatic heterocycles. The van der Waals surface area contributed by atoms with E-state index in [1.807, 2.05) is 90.9 Å². The minimum absolute atomic E-state index is 0.000942. The third-order valence-corrected chi connectivity index (χ3v) is 9.53. The Kier molecular flexibility index (Phi) is 11.7. The summed E-state index contributed by atoms with van der Waals surface area (Å²) in [6.07, 6.45) is 4.95. The number of carbonyl (C=O) groups is 3. The van der Waals surface area contributed by atoms with Crippen molar-refractivity contribution in [3.63, 3.8) is 0 Å². The topological polar surface area (TPSA) is 111 Å². The minimum Gasteiger partial charge on any atom is -0.390 e. The second-order valence-electron chi connectivity index (χ2n) is 15.8. The van der Waals surface area contributed by atoms with E-state index in [1.54, 1.807) is 12.1 Å². The third-order valence-electron chi connectivity index (χ3n) is 9.53. The van der Waals surface area contributed by atoms with E-state index in [0.717, 1.165) is 36.9 Å². The van der Waals surface area contributed by atoms with Gasteiger partial charge in [-0.2, -0.15) is 0 Å². The predicted molar refractivity (Wildman–Crippen MR) is 183 cm³/mol. The zero-order valence-electron chi connectivity index (χ0n) is 28.9. The molecule has 8 nitrogen and oxygen atoms in total. The van der Waals surface area contributed by atoms with Crippen LogP contribution in [-0.4, -0.2) is 70.6 Å². The number of amides is 3. The third kappa shape index (κ3) is 9.88. The van der Waals surface area contributed by atoms with Crippen LogP contribution >= 0.6 is 0 Å².